The van der Waals surface area contributed by atoms with Crippen LogP contribution in [0.4, 0.5) is 0 Å². The van der Waals surface area contributed by atoms with Crippen molar-refractivity contribution < 1.29 is 5.11 Å². The van der Waals surface area contributed by atoms with Gasteiger partial charge in [-0.15, -0.1) is 11.8 Å². The van der Waals surface area contributed by atoms with Crippen molar-refractivity contribution in [3.8, 4) is 0 Å². The second-order valence-corrected chi connectivity index (χ2v) is 5.47. The van der Waals surface area contributed by atoms with Crippen LogP contribution in [0, 0.1) is 0 Å². The molecule has 1 aromatic heterocycles. The summed E-state index contributed by atoms with van der Waals surface area (Å²) in [7, 11) is 0. The molecular weight excluding hydrogens is 268 g/mol. The summed E-state index contributed by atoms with van der Waals surface area (Å²) in [6, 6.07) is 17.4. The highest BCUT2D eigenvalue weighted by molar-refractivity contribution is 7.99. The molecule has 0 saturated carbocycles. The third-order valence-electron chi connectivity index (χ3n) is 3.00. The number of para-hydroxylation sites is 2. The molecule has 0 aliphatic rings. The molecule has 3 nitrogen and oxygen atoms in total. The van der Waals surface area contributed by atoms with E-state index >= 15 is 0 Å². The number of aliphatic hydroxyl groups excluding tert-OH is 1. The van der Waals surface area contributed by atoms with Crippen molar-refractivity contribution in [3.05, 3.63) is 66.4 Å². The zero-order chi connectivity index (χ0) is 13.8. The molecule has 100 valence electrons. The highest BCUT2D eigenvalue weighted by atomic mass is 32.2. The van der Waals surface area contributed by atoms with Crippen molar-refractivity contribution in [1.82, 2.24) is 9.97 Å². The SMILES string of the molecule is OC(CSc1cnc2ccccc2n1)c1ccccc1. The number of hydrogen-bond acceptors (Lipinski definition) is 4. The highest BCUT2D eigenvalue weighted by Crippen LogP contribution is 2.24. The number of thioether (sulfide) groups is 1. The minimum absolute atomic E-state index is 0.491. The second kappa shape index (κ2) is 6.03. The van der Waals surface area contributed by atoms with E-state index in [9.17, 15) is 5.11 Å². The Labute approximate surface area is 121 Å². The van der Waals surface area contributed by atoms with Crippen molar-refractivity contribution in [2.45, 2.75) is 11.1 Å². The van der Waals surface area contributed by atoms with E-state index in [1.807, 2.05) is 54.6 Å². The van der Waals surface area contributed by atoms with Crippen molar-refractivity contribution >= 4 is 22.8 Å². The molecule has 20 heavy (non-hydrogen) atoms. The lowest BCUT2D eigenvalue weighted by molar-refractivity contribution is 0.204. The minimum Gasteiger partial charge on any atom is -0.388 e. The number of fused-ring (bicyclic) bond motifs is 1. The molecule has 0 radical (unpaired) electrons. The molecule has 0 saturated heterocycles. The number of hydrogen-bond donors (Lipinski definition) is 1. The number of aliphatic hydroxyl groups is 1. The summed E-state index contributed by atoms with van der Waals surface area (Å²) in [5.41, 5.74) is 2.70. The lowest BCUT2D eigenvalue weighted by Gasteiger charge is -2.10. The van der Waals surface area contributed by atoms with E-state index in [1.165, 1.54) is 11.8 Å². The van der Waals surface area contributed by atoms with Gasteiger partial charge < -0.3 is 5.11 Å². The predicted octanol–water partition coefficient (Wildman–Crippen LogP) is 3.46. The van der Waals surface area contributed by atoms with Crippen molar-refractivity contribution in [2.24, 2.45) is 0 Å². The molecule has 0 aliphatic heterocycles. The van der Waals surface area contributed by atoms with E-state index in [4.69, 9.17) is 0 Å². The van der Waals surface area contributed by atoms with Gasteiger partial charge in [-0.05, 0) is 17.7 Å². The van der Waals surface area contributed by atoms with Crippen molar-refractivity contribution in [3.63, 3.8) is 0 Å². The summed E-state index contributed by atoms with van der Waals surface area (Å²) in [6.07, 6.45) is 1.26. The maximum absolute atomic E-state index is 10.1. The molecule has 4 heteroatoms. The van der Waals surface area contributed by atoms with Crippen LogP contribution in [0.3, 0.4) is 0 Å². The fourth-order valence-electron chi connectivity index (χ4n) is 1.95. The van der Waals surface area contributed by atoms with Crippen molar-refractivity contribution in [1.29, 1.82) is 0 Å². The first-order valence-corrected chi connectivity index (χ1v) is 7.39. The average Bonchev–Trinajstić information content (AvgIpc) is 2.53. The third-order valence-corrected chi connectivity index (χ3v) is 3.97. The normalized spacial score (nSPS) is 12.4. The Hall–Kier alpha value is -1.91. The molecule has 1 unspecified atom stereocenters. The van der Waals surface area contributed by atoms with Gasteiger partial charge in [-0.25, -0.2) is 4.98 Å². The Bertz CT molecular complexity index is 703. The minimum atomic E-state index is -0.491. The van der Waals surface area contributed by atoms with Crippen LogP contribution < -0.4 is 0 Å². The van der Waals surface area contributed by atoms with Crippen LogP contribution in [0.5, 0.6) is 0 Å². The first-order valence-electron chi connectivity index (χ1n) is 6.40. The van der Waals surface area contributed by atoms with E-state index in [0.29, 0.717) is 5.75 Å². The van der Waals surface area contributed by atoms with Gasteiger partial charge in [-0.2, -0.15) is 0 Å². The molecule has 3 aromatic rings. The summed E-state index contributed by atoms with van der Waals surface area (Å²) >= 11 is 1.51. The van der Waals surface area contributed by atoms with E-state index in [0.717, 1.165) is 21.6 Å². The number of rotatable bonds is 4. The number of benzene rings is 2. The zero-order valence-corrected chi connectivity index (χ0v) is 11.6. The molecule has 2 aromatic carbocycles. The standard InChI is InChI=1S/C16H14N2OS/c19-15(12-6-2-1-3-7-12)11-20-16-10-17-13-8-4-5-9-14(13)18-16/h1-10,15,19H,11H2. The Kier molecular flexibility index (Phi) is 3.95. The Morgan fingerprint density at radius 3 is 2.45 bits per heavy atom. The van der Waals surface area contributed by atoms with Crippen LogP contribution in [-0.4, -0.2) is 20.8 Å². The summed E-state index contributed by atoms with van der Waals surface area (Å²) in [6.45, 7) is 0. The fraction of sp³-hybridized carbons (Fsp3) is 0.125. The third kappa shape index (κ3) is 2.98. The van der Waals surface area contributed by atoms with Crippen LogP contribution in [0.1, 0.15) is 11.7 Å². The average molecular weight is 282 g/mol. The van der Waals surface area contributed by atoms with Gasteiger partial charge in [0.1, 0.15) is 5.03 Å². The predicted molar refractivity (Wildman–Crippen MR) is 81.7 cm³/mol. The Balaban J connectivity index is 1.70. The number of nitrogens with zero attached hydrogens (tertiary/aromatic N) is 2. The fourth-order valence-corrected chi connectivity index (χ4v) is 2.76. The lowest BCUT2D eigenvalue weighted by Crippen LogP contribution is -2.00. The molecular formula is C16H14N2OS. The summed E-state index contributed by atoms with van der Waals surface area (Å²) in [4.78, 5) is 8.90. The van der Waals surface area contributed by atoms with Gasteiger partial charge >= 0.3 is 0 Å². The zero-order valence-electron chi connectivity index (χ0n) is 10.8. The first-order chi connectivity index (χ1) is 9.83. The van der Waals surface area contributed by atoms with E-state index in [-0.39, 0.29) is 0 Å². The molecule has 3 rings (SSSR count). The Morgan fingerprint density at radius 1 is 0.950 bits per heavy atom. The van der Waals surface area contributed by atoms with Gasteiger partial charge in [0.25, 0.3) is 0 Å². The monoisotopic (exact) mass is 282 g/mol. The molecule has 0 aliphatic carbocycles. The molecule has 1 heterocycles. The summed E-state index contributed by atoms with van der Waals surface area (Å²) in [5.74, 6) is 0.567. The van der Waals surface area contributed by atoms with E-state index in [1.54, 1.807) is 6.20 Å². The summed E-state index contributed by atoms with van der Waals surface area (Å²) < 4.78 is 0. The van der Waals surface area contributed by atoms with Crippen LogP contribution in [0.15, 0.2) is 65.8 Å². The molecule has 0 bridgehead atoms. The van der Waals surface area contributed by atoms with E-state index < -0.39 is 6.10 Å². The van der Waals surface area contributed by atoms with Gasteiger partial charge in [0.15, 0.2) is 0 Å². The summed E-state index contributed by atoms with van der Waals surface area (Å²) in [5, 5.41) is 11.0. The van der Waals surface area contributed by atoms with Gasteiger partial charge in [-0.1, -0.05) is 42.5 Å². The van der Waals surface area contributed by atoms with Gasteiger partial charge in [-0.3, -0.25) is 4.98 Å². The lowest BCUT2D eigenvalue weighted by atomic mass is 10.1. The van der Waals surface area contributed by atoms with Crippen molar-refractivity contribution in [2.75, 3.05) is 5.75 Å². The maximum Gasteiger partial charge on any atom is 0.115 e. The van der Waals surface area contributed by atoms with Gasteiger partial charge in [0.2, 0.25) is 0 Å². The number of aromatic nitrogens is 2. The molecule has 1 atom stereocenters. The van der Waals surface area contributed by atoms with E-state index in [2.05, 4.69) is 9.97 Å². The highest BCUT2D eigenvalue weighted by Gasteiger charge is 2.08. The quantitative estimate of drug-likeness (QED) is 0.744. The largest absolute Gasteiger partial charge is 0.388 e. The second-order valence-electron chi connectivity index (χ2n) is 4.43. The van der Waals surface area contributed by atoms with Crippen LogP contribution in [0.2, 0.25) is 0 Å². The van der Waals surface area contributed by atoms with Crippen LogP contribution in [0.25, 0.3) is 11.0 Å². The molecule has 0 spiro atoms. The Morgan fingerprint density at radius 2 is 1.65 bits per heavy atom. The topological polar surface area (TPSA) is 46.0 Å². The maximum atomic E-state index is 10.1. The molecule has 0 fully saturated rings. The van der Waals surface area contributed by atoms with Crippen LogP contribution in [-0.2, 0) is 0 Å². The first kappa shape index (κ1) is 13.1. The van der Waals surface area contributed by atoms with Gasteiger partial charge in [0, 0.05) is 5.75 Å². The molecule has 1 N–H and O–H groups in total. The smallest absolute Gasteiger partial charge is 0.115 e. The molecule has 0 amide bonds. The van der Waals surface area contributed by atoms with Gasteiger partial charge in [0.05, 0.1) is 23.3 Å². The van der Waals surface area contributed by atoms with Crippen LogP contribution >= 0.6 is 11.8 Å².